The Labute approximate surface area is 503 Å². The molecule has 0 aromatic carbocycles. The first-order chi connectivity index (χ1) is 39.6. The van der Waals surface area contributed by atoms with Crippen LogP contribution in [0.5, 0.6) is 0 Å². The van der Waals surface area contributed by atoms with Crippen molar-refractivity contribution < 1.29 is 42.9 Å². The molecule has 81 heavy (non-hydrogen) atoms. The van der Waals surface area contributed by atoms with Gasteiger partial charge < -0.3 is 28.5 Å². The molecule has 0 spiro atoms. The minimum atomic E-state index is -1.51. The molecule has 0 rings (SSSR count). The van der Waals surface area contributed by atoms with E-state index in [1.165, 1.54) is 276 Å². The first-order valence-corrected chi connectivity index (χ1v) is 35.5. The van der Waals surface area contributed by atoms with Crippen molar-refractivity contribution in [1.29, 1.82) is 0 Å². The first-order valence-electron chi connectivity index (χ1n) is 35.5. The molecule has 0 aliphatic carbocycles. The van der Waals surface area contributed by atoms with E-state index in [2.05, 4.69) is 38.2 Å². The number of esters is 2. The molecule has 0 fully saturated rings. The number of nitrogens with zero attached hydrogens (tertiary/aromatic N) is 1. The molecule has 0 amide bonds. The lowest BCUT2D eigenvalue weighted by molar-refractivity contribution is -0.870. The molecule has 9 nitrogen and oxygen atoms in total. The number of carbonyl (C=O) groups is 3. The smallest absolute Gasteiger partial charge is 0.361 e. The Kier molecular flexibility index (Phi) is 62.0. The van der Waals surface area contributed by atoms with Gasteiger partial charge >= 0.3 is 17.9 Å². The van der Waals surface area contributed by atoms with Crippen molar-refractivity contribution in [2.75, 3.05) is 47.5 Å². The van der Waals surface area contributed by atoms with Crippen LogP contribution < -0.4 is 0 Å². The lowest BCUT2D eigenvalue weighted by Crippen LogP contribution is -2.40. The van der Waals surface area contributed by atoms with E-state index in [-0.39, 0.29) is 32.2 Å². The van der Waals surface area contributed by atoms with Crippen LogP contribution in [0, 0.1) is 0 Å². The van der Waals surface area contributed by atoms with Gasteiger partial charge in [0.15, 0.2) is 6.10 Å². The molecule has 2 unspecified atom stereocenters. The van der Waals surface area contributed by atoms with Gasteiger partial charge in [0, 0.05) is 12.8 Å². The number of unbranched alkanes of at least 4 members (excludes halogenated alkanes) is 48. The summed E-state index contributed by atoms with van der Waals surface area (Å²) in [5.41, 5.74) is 0. The number of likely N-dealkylation sites (N-methyl/N-ethyl adjacent to an activating group) is 1. The van der Waals surface area contributed by atoms with Crippen molar-refractivity contribution in [3.63, 3.8) is 0 Å². The van der Waals surface area contributed by atoms with E-state index in [4.69, 9.17) is 18.9 Å². The van der Waals surface area contributed by atoms with Gasteiger partial charge in [-0.3, -0.25) is 9.59 Å². The molecular formula is C72H138NO8+. The van der Waals surface area contributed by atoms with Crippen LogP contribution >= 0.6 is 0 Å². The number of carboxylic acid groups (broad SMARTS) is 1. The average molecular weight is 1150 g/mol. The summed E-state index contributed by atoms with van der Waals surface area (Å²) in [5, 5.41) is 9.72. The summed E-state index contributed by atoms with van der Waals surface area (Å²) < 4.78 is 22.9. The Balaban J connectivity index is 3.90. The number of ether oxygens (including phenoxy) is 4. The SMILES string of the molecule is CCCCC/C=C\C/C=C\CCCCCCCCCC(=O)OC(COC(=O)CCCCCCCCCCCCCCCCCCCCCCCCCCCCCCCCCCCCCCCCC)COC(OCC[N+](C)(C)C)C(=O)O. The molecule has 478 valence electrons. The summed E-state index contributed by atoms with van der Waals surface area (Å²) in [6.45, 7) is 4.90. The molecule has 0 aliphatic rings. The van der Waals surface area contributed by atoms with Gasteiger partial charge in [-0.05, 0) is 44.9 Å². The van der Waals surface area contributed by atoms with Crippen molar-refractivity contribution in [1.82, 2.24) is 0 Å². The number of hydrogen-bond acceptors (Lipinski definition) is 7. The van der Waals surface area contributed by atoms with Gasteiger partial charge in [-0.2, -0.15) is 0 Å². The number of carboxylic acids is 1. The van der Waals surface area contributed by atoms with Crippen molar-refractivity contribution >= 4 is 17.9 Å². The highest BCUT2D eigenvalue weighted by Crippen LogP contribution is 2.19. The molecule has 1 N–H and O–H groups in total. The Morgan fingerprint density at radius 1 is 0.370 bits per heavy atom. The molecule has 0 saturated heterocycles. The highest BCUT2D eigenvalue weighted by molar-refractivity contribution is 5.71. The summed E-state index contributed by atoms with van der Waals surface area (Å²) in [4.78, 5) is 37.5. The van der Waals surface area contributed by atoms with E-state index >= 15 is 0 Å². The van der Waals surface area contributed by atoms with Gasteiger partial charge in [0.1, 0.15) is 13.2 Å². The highest BCUT2D eigenvalue weighted by Gasteiger charge is 2.25. The molecule has 0 bridgehead atoms. The largest absolute Gasteiger partial charge is 0.477 e. The summed E-state index contributed by atoms with van der Waals surface area (Å²) >= 11 is 0. The van der Waals surface area contributed by atoms with E-state index in [0.717, 1.165) is 51.4 Å². The van der Waals surface area contributed by atoms with Crippen LogP contribution in [0.15, 0.2) is 24.3 Å². The zero-order valence-electron chi connectivity index (χ0n) is 54.7. The van der Waals surface area contributed by atoms with Crippen LogP contribution in [0.2, 0.25) is 0 Å². The lowest BCUT2D eigenvalue weighted by Gasteiger charge is -2.25. The van der Waals surface area contributed by atoms with Crippen molar-refractivity contribution in [2.24, 2.45) is 0 Å². The fourth-order valence-corrected chi connectivity index (χ4v) is 10.8. The standard InChI is InChI=1S/C72H137NO8/c1-6-8-10-12-14-16-18-20-22-24-25-26-27-28-29-30-31-32-33-34-35-36-37-38-39-40-41-42-43-44-45-47-48-50-52-54-56-58-60-62-69(74)79-66-68(67-80-72(71(76)77)78-65-64-73(3,4)5)81-70(75)63-61-59-57-55-53-51-49-46-23-21-19-17-15-13-11-9-7-2/h15,17,21,23,68,72H,6-14,16,18-20,22,24-67H2,1-5H3/p+1/b17-15-,23-21-. The van der Waals surface area contributed by atoms with Crippen LogP contribution in [-0.4, -0.2) is 87.4 Å². The second-order valence-electron chi connectivity index (χ2n) is 25.6. The minimum Gasteiger partial charge on any atom is -0.477 e. The van der Waals surface area contributed by atoms with Crippen LogP contribution in [0.3, 0.4) is 0 Å². The molecule has 9 heteroatoms. The first kappa shape index (κ1) is 78.8. The van der Waals surface area contributed by atoms with Gasteiger partial charge in [-0.15, -0.1) is 0 Å². The Hall–Kier alpha value is -2.23. The summed E-state index contributed by atoms with van der Waals surface area (Å²) in [5.74, 6) is -1.99. The normalized spacial score (nSPS) is 12.8. The van der Waals surface area contributed by atoms with Crippen LogP contribution in [0.4, 0.5) is 0 Å². The Bertz CT molecular complexity index is 1380. The molecule has 0 aromatic heterocycles. The maximum absolute atomic E-state index is 12.9. The van der Waals surface area contributed by atoms with Gasteiger partial charge in [0.2, 0.25) is 0 Å². The molecule has 0 aliphatic heterocycles. The predicted molar refractivity (Wildman–Crippen MR) is 346 cm³/mol. The molecule has 0 saturated carbocycles. The molecule has 0 heterocycles. The monoisotopic (exact) mass is 1150 g/mol. The van der Waals surface area contributed by atoms with Crippen LogP contribution in [0.1, 0.15) is 361 Å². The third-order valence-electron chi connectivity index (χ3n) is 16.2. The van der Waals surface area contributed by atoms with E-state index in [1.807, 2.05) is 21.1 Å². The number of quaternary nitrogens is 1. The Morgan fingerprint density at radius 3 is 1.00 bits per heavy atom. The van der Waals surface area contributed by atoms with Gasteiger partial charge in [0.25, 0.3) is 6.29 Å². The number of rotatable bonds is 67. The van der Waals surface area contributed by atoms with Crippen molar-refractivity contribution in [3.8, 4) is 0 Å². The zero-order chi connectivity index (χ0) is 59.1. The second kappa shape index (κ2) is 63.8. The number of allylic oxidation sites excluding steroid dienone is 4. The fraction of sp³-hybridized carbons (Fsp3) is 0.903. The van der Waals surface area contributed by atoms with Gasteiger partial charge in [-0.1, -0.05) is 327 Å². The third-order valence-corrected chi connectivity index (χ3v) is 16.2. The van der Waals surface area contributed by atoms with Crippen LogP contribution in [0.25, 0.3) is 0 Å². The van der Waals surface area contributed by atoms with E-state index in [9.17, 15) is 19.5 Å². The quantitative estimate of drug-likeness (QED) is 0.0211. The van der Waals surface area contributed by atoms with E-state index in [1.54, 1.807) is 0 Å². The zero-order valence-corrected chi connectivity index (χ0v) is 54.7. The lowest BCUT2D eigenvalue weighted by atomic mass is 10.0. The fourth-order valence-electron chi connectivity index (χ4n) is 10.8. The van der Waals surface area contributed by atoms with E-state index < -0.39 is 24.3 Å². The molecule has 2 atom stereocenters. The summed E-state index contributed by atoms with van der Waals surface area (Å²) in [7, 11) is 5.98. The van der Waals surface area contributed by atoms with E-state index in [0.29, 0.717) is 23.9 Å². The highest BCUT2D eigenvalue weighted by atomic mass is 16.7. The Morgan fingerprint density at radius 2 is 0.667 bits per heavy atom. The summed E-state index contributed by atoms with van der Waals surface area (Å²) in [6, 6.07) is 0. The molecular weight excluding hydrogens is 1010 g/mol. The molecule has 0 radical (unpaired) electrons. The minimum absolute atomic E-state index is 0.180. The van der Waals surface area contributed by atoms with Gasteiger partial charge in [-0.25, -0.2) is 4.79 Å². The topological polar surface area (TPSA) is 108 Å². The maximum atomic E-state index is 12.9. The van der Waals surface area contributed by atoms with Crippen LogP contribution in [-0.2, 0) is 33.3 Å². The summed E-state index contributed by atoms with van der Waals surface area (Å²) in [6.07, 6.45) is 76.1. The van der Waals surface area contributed by atoms with Crippen molar-refractivity contribution in [2.45, 2.75) is 373 Å². The number of carbonyl (C=O) groups excluding carboxylic acids is 2. The third kappa shape index (κ3) is 65.2. The van der Waals surface area contributed by atoms with Gasteiger partial charge in [0.05, 0.1) is 34.4 Å². The molecule has 0 aromatic rings. The predicted octanol–water partition coefficient (Wildman–Crippen LogP) is 21.8. The second-order valence-corrected chi connectivity index (χ2v) is 25.6. The number of hydrogen-bond donors (Lipinski definition) is 1. The maximum Gasteiger partial charge on any atom is 0.361 e. The van der Waals surface area contributed by atoms with Crippen molar-refractivity contribution in [3.05, 3.63) is 24.3 Å². The average Bonchev–Trinajstić information content (AvgIpc) is 3.44. The number of aliphatic carboxylic acids is 1.